The molecule has 0 heterocycles. The van der Waals surface area contributed by atoms with Gasteiger partial charge in [0.15, 0.2) is 5.75 Å². The van der Waals surface area contributed by atoms with Crippen LogP contribution in [0.2, 0.25) is 0 Å². The van der Waals surface area contributed by atoms with Gasteiger partial charge in [-0.2, -0.15) is 14.0 Å². The van der Waals surface area contributed by atoms with Crippen LogP contribution in [-0.2, 0) is 6.61 Å². The molecule has 0 unspecified atom stereocenters. The van der Waals surface area contributed by atoms with Crippen LogP contribution in [0, 0.1) is 40.4 Å². The van der Waals surface area contributed by atoms with Gasteiger partial charge in [0.1, 0.15) is 6.61 Å². The number of rotatable bonds is 3. The summed E-state index contributed by atoms with van der Waals surface area (Å²) < 4.78 is 70.1. The molecule has 0 aliphatic heterocycles. The van der Waals surface area contributed by atoms with Gasteiger partial charge in [-0.3, -0.25) is 0 Å². The van der Waals surface area contributed by atoms with Crippen LogP contribution in [0.15, 0.2) is 24.3 Å². The van der Waals surface area contributed by atoms with Crippen molar-refractivity contribution < 1.29 is 26.7 Å². The molecule has 0 saturated carbocycles. The van der Waals surface area contributed by atoms with Crippen LogP contribution in [0.5, 0.6) is 5.75 Å². The largest absolute Gasteiger partial charge is 0.483 e. The van der Waals surface area contributed by atoms with Crippen molar-refractivity contribution in [1.82, 2.24) is 0 Å². The highest BCUT2D eigenvalue weighted by atomic mass is 19.2. The number of benzene rings is 2. The Kier molecular flexibility index (Phi) is 4.08. The third kappa shape index (κ3) is 2.79. The van der Waals surface area contributed by atoms with E-state index in [1.165, 1.54) is 24.3 Å². The molecule has 0 radical (unpaired) electrons. The molecule has 2 aromatic rings. The van der Waals surface area contributed by atoms with Gasteiger partial charge in [-0.15, -0.1) is 0 Å². The zero-order chi connectivity index (χ0) is 15.6. The summed E-state index contributed by atoms with van der Waals surface area (Å²) in [5.41, 5.74) is 0.617. The van der Waals surface area contributed by atoms with E-state index in [0.717, 1.165) is 0 Å². The first-order valence-corrected chi connectivity index (χ1v) is 5.59. The van der Waals surface area contributed by atoms with E-state index in [4.69, 9.17) is 5.26 Å². The maximum absolute atomic E-state index is 13.4. The van der Waals surface area contributed by atoms with E-state index >= 15 is 0 Å². The summed E-state index contributed by atoms with van der Waals surface area (Å²) in [5.74, 6) is -11.8. The standard InChI is InChI=1S/C14H6F5NO/c15-9-10(16)12(18)14(13(19)11(9)17)21-6-8-3-1-2-7(4-8)5-20/h1-4H,6H2. The van der Waals surface area contributed by atoms with Gasteiger partial charge in [0.2, 0.25) is 29.1 Å². The van der Waals surface area contributed by atoms with E-state index in [9.17, 15) is 22.0 Å². The molecule has 108 valence electrons. The van der Waals surface area contributed by atoms with Crippen molar-refractivity contribution in [2.45, 2.75) is 6.61 Å². The lowest BCUT2D eigenvalue weighted by molar-refractivity contribution is 0.253. The van der Waals surface area contributed by atoms with Crippen LogP contribution in [0.1, 0.15) is 11.1 Å². The lowest BCUT2D eigenvalue weighted by atomic mass is 10.1. The summed E-state index contributed by atoms with van der Waals surface area (Å²) in [6, 6.07) is 7.67. The number of halogens is 5. The molecule has 0 aliphatic rings. The van der Waals surface area contributed by atoms with Crippen molar-refractivity contribution in [2.24, 2.45) is 0 Å². The molecule has 0 bridgehead atoms. The second-order valence-corrected chi connectivity index (χ2v) is 4.00. The summed E-state index contributed by atoms with van der Waals surface area (Å²) in [6.45, 7) is -0.451. The molecular formula is C14H6F5NO. The molecule has 0 aliphatic carbocycles. The van der Waals surface area contributed by atoms with Crippen LogP contribution in [-0.4, -0.2) is 0 Å². The summed E-state index contributed by atoms with van der Waals surface area (Å²) in [5, 5.41) is 8.69. The molecule has 0 saturated heterocycles. The zero-order valence-corrected chi connectivity index (χ0v) is 10.3. The Morgan fingerprint density at radius 1 is 0.905 bits per heavy atom. The van der Waals surface area contributed by atoms with Gasteiger partial charge in [0, 0.05) is 0 Å². The molecule has 0 N–H and O–H groups in total. The average molecular weight is 299 g/mol. The lowest BCUT2D eigenvalue weighted by Gasteiger charge is -2.10. The summed E-state index contributed by atoms with van der Waals surface area (Å²) in [7, 11) is 0. The van der Waals surface area contributed by atoms with Crippen LogP contribution in [0.3, 0.4) is 0 Å². The Bertz CT molecular complexity index is 710. The summed E-state index contributed by atoms with van der Waals surface area (Å²) >= 11 is 0. The van der Waals surface area contributed by atoms with E-state index in [-0.39, 0.29) is 5.56 Å². The van der Waals surface area contributed by atoms with Crippen LogP contribution >= 0.6 is 0 Å². The highest BCUT2D eigenvalue weighted by Gasteiger charge is 2.26. The Hall–Kier alpha value is -2.62. The van der Waals surface area contributed by atoms with Gasteiger partial charge in [-0.05, 0) is 17.7 Å². The fraction of sp³-hybridized carbons (Fsp3) is 0.0714. The maximum atomic E-state index is 13.4. The monoisotopic (exact) mass is 299 g/mol. The van der Waals surface area contributed by atoms with E-state index in [0.29, 0.717) is 5.56 Å². The minimum Gasteiger partial charge on any atom is -0.483 e. The Balaban J connectivity index is 2.30. The van der Waals surface area contributed by atoms with Gasteiger partial charge >= 0.3 is 0 Å². The quantitative estimate of drug-likeness (QED) is 0.490. The molecule has 0 fully saturated rings. The summed E-state index contributed by atoms with van der Waals surface area (Å²) in [6.07, 6.45) is 0. The number of ether oxygens (including phenoxy) is 1. The molecule has 2 rings (SSSR count). The molecule has 0 amide bonds. The van der Waals surface area contributed by atoms with Gasteiger partial charge in [-0.1, -0.05) is 12.1 Å². The Morgan fingerprint density at radius 2 is 1.48 bits per heavy atom. The van der Waals surface area contributed by atoms with Crippen LogP contribution < -0.4 is 4.74 Å². The van der Waals surface area contributed by atoms with Crippen molar-refractivity contribution >= 4 is 0 Å². The Morgan fingerprint density at radius 3 is 2.05 bits per heavy atom. The number of hydrogen-bond acceptors (Lipinski definition) is 2. The third-order valence-corrected chi connectivity index (χ3v) is 2.61. The highest BCUT2D eigenvalue weighted by molar-refractivity contribution is 5.33. The first-order valence-electron chi connectivity index (χ1n) is 5.59. The number of nitriles is 1. The average Bonchev–Trinajstić information content (AvgIpc) is 2.51. The third-order valence-electron chi connectivity index (χ3n) is 2.61. The van der Waals surface area contributed by atoms with E-state index < -0.39 is 41.4 Å². The minimum absolute atomic E-state index is 0.272. The number of hydrogen-bond donors (Lipinski definition) is 0. The van der Waals surface area contributed by atoms with Gasteiger partial charge in [-0.25, -0.2) is 13.2 Å². The zero-order valence-electron chi connectivity index (χ0n) is 10.3. The fourth-order valence-electron chi connectivity index (χ4n) is 1.60. The first kappa shape index (κ1) is 14.8. The van der Waals surface area contributed by atoms with Gasteiger partial charge in [0.25, 0.3) is 0 Å². The van der Waals surface area contributed by atoms with Crippen molar-refractivity contribution in [3.63, 3.8) is 0 Å². The maximum Gasteiger partial charge on any atom is 0.207 e. The van der Waals surface area contributed by atoms with Crippen LogP contribution in [0.4, 0.5) is 22.0 Å². The SMILES string of the molecule is N#Cc1cccc(COc2c(F)c(F)c(F)c(F)c2F)c1. The molecule has 7 heteroatoms. The molecule has 0 spiro atoms. The molecule has 2 nitrogen and oxygen atoms in total. The van der Waals surface area contributed by atoms with Gasteiger partial charge < -0.3 is 4.74 Å². The van der Waals surface area contributed by atoms with Crippen molar-refractivity contribution in [2.75, 3.05) is 0 Å². The molecule has 21 heavy (non-hydrogen) atoms. The summed E-state index contributed by atoms with van der Waals surface area (Å²) in [4.78, 5) is 0. The lowest BCUT2D eigenvalue weighted by Crippen LogP contribution is -2.07. The molecular weight excluding hydrogens is 293 g/mol. The van der Waals surface area contributed by atoms with E-state index in [1.54, 1.807) is 0 Å². The van der Waals surface area contributed by atoms with E-state index in [1.807, 2.05) is 6.07 Å². The Labute approximate surface area is 116 Å². The van der Waals surface area contributed by atoms with Crippen molar-refractivity contribution in [1.29, 1.82) is 5.26 Å². The highest BCUT2D eigenvalue weighted by Crippen LogP contribution is 2.29. The molecule has 0 aromatic heterocycles. The second-order valence-electron chi connectivity index (χ2n) is 4.00. The topological polar surface area (TPSA) is 33.0 Å². The van der Waals surface area contributed by atoms with Crippen molar-refractivity contribution in [3.8, 4) is 11.8 Å². The predicted molar refractivity (Wildman–Crippen MR) is 61.7 cm³/mol. The van der Waals surface area contributed by atoms with Crippen molar-refractivity contribution in [3.05, 3.63) is 64.5 Å². The molecule has 0 atom stereocenters. The minimum atomic E-state index is -2.25. The smallest absolute Gasteiger partial charge is 0.207 e. The fourth-order valence-corrected chi connectivity index (χ4v) is 1.60. The van der Waals surface area contributed by atoms with Gasteiger partial charge in [0.05, 0.1) is 11.6 Å². The normalized spacial score (nSPS) is 10.3. The first-order chi connectivity index (χ1) is 9.95. The second kappa shape index (κ2) is 5.79. The van der Waals surface area contributed by atoms with Crippen LogP contribution in [0.25, 0.3) is 0 Å². The molecule has 2 aromatic carbocycles. The predicted octanol–water partition coefficient (Wildman–Crippen LogP) is 3.83. The number of nitrogens with zero attached hydrogens (tertiary/aromatic N) is 1. The van der Waals surface area contributed by atoms with E-state index in [2.05, 4.69) is 4.74 Å².